The molecule has 1 aliphatic rings. The molecule has 0 aromatic rings. The van der Waals surface area contributed by atoms with E-state index in [1.54, 1.807) is 12.1 Å². The van der Waals surface area contributed by atoms with Gasteiger partial charge in [0.25, 0.3) is 0 Å². The summed E-state index contributed by atoms with van der Waals surface area (Å²) in [6.45, 7) is 1.08. The minimum Gasteiger partial charge on any atom is -0.369 e. The van der Waals surface area contributed by atoms with Crippen molar-refractivity contribution in [3.8, 4) is 0 Å². The number of guanidine groups is 1. The van der Waals surface area contributed by atoms with Gasteiger partial charge in [-0.05, 0) is 19.9 Å². The highest BCUT2D eigenvalue weighted by Gasteiger charge is 2.39. The molecule has 1 fully saturated rings. The van der Waals surface area contributed by atoms with Gasteiger partial charge in [-0.2, -0.15) is 0 Å². The van der Waals surface area contributed by atoms with Gasteiger partial charge in [0.1, 0.15) is 0 Å². The Bertz CT molecular complexity index is 303. The van der Waals surface area contributed by atoms with Crippen LogP contribution in [-0.2, 0) is 9.59 Å². The van der Waals surface area contributed by atoms with Crippen molar-refractivity contribution in [3.05, 3.63) is 0 Å². The van der Waals surface area contributed by atoms with Crippen LogP contribution in [0.4, 0.5) is 0 Å². The maximum absolute atomic E-state index is 11.5. The summed E-state index contributed by atoms with van der Waals surface area (Å²) in [5.41, 5.74) is 9.76. The Morgan fingerprint density at radius 3 is 2.38 bits per heavy atom. The summed E-state index contributed by atoms with van der Waals surface area (Å²) in [6, 6.07) is 0. The normalized spacial score (nSPS) is 18.9. The van der Waals surface area contributed by atoms with E-state index in [2.05, 4.69) is 10.4 Å². The first-order valence-corrected chi connectivity index (χ1v) is 5.07. The molecule has 90 valence electrons. The van der Waals surface area contributed by atoms with Gasteiger partial charge < -0.3 is 16.8 Å². The van der Waals surface area contributed by atoms with Crippen LogP contribution in [0.5, 0.6) is 0 Å². The second-order valence-electron chi connectivity index (χ2n) is 3.79. The summed E-state index contributed by atoms with van der Waals surface area (Å²) in [6.07, 6.45) is 1.39. The Morgan fingerprint density at radius 1 is 1.44 bits per heavy atom. The molecule has 0 spiro atoms. The number of carbonyl (C=O) groups excluding carboxylic acids is 2. The molecule has 7 heteroatoms. The monoisotopic (exact) mass is 227 g/mol. The lowest BCUT2D eigenvalue weighted by Crippen LogP contribution is -2.57. The van der Waals surface area contributed by atoms with Crippen LogP contribution >= 0.6 is 0 Å². The van der Waals surface area contributed by atoms with E-state index < -0.39 is 11.3 Å². The molecule has 0 bridgehead atoms. The Balaban J connectivity index is 2.67. The van der Waals surface area contributed by atoms with Crippen LogP contribution in [0.25, 0.3) is 0 Å². The highest BCUT2D eigenvalue weighted by molar-refractivity contribution is 6.29. The number of aldehydes is 1. The number of rotatable bonds is 4. The molecule has 0 radical (unpaired) electrons. The van der Waals surface area contributed by atoms with Gasteiger partial charge in [-0.3, -0.25) is 14.6 Å². The lowest BCUT2D eigenvalue weighted by molar-refractivity contribution is -0.135. The molecular formula is C9H17N5O2. The molecule has 16 heavy (non-hydrogen) atoms. The first-order valence-electron chi connectivity index (χ1n) is 5.07. The molecule has 0 aromatic heterocycles. The maximum atomic E-state index is 11.5. The number of Topliss-reactive ketones (excluding diaryl/α,β-unsaturated/α-hetero) is 1. The third kappa shape index (κ3) is 2.48. The summed E-state index contributed by atoms with van der Waals surface area (Å²) in [5.74, 6) is -0.418. The molecule has 7 nitrogen and oxygen atoms in total. The van der Waals surface area contributed by atoms with Crippen LogP contribution in [0.1, 0.15) is 12.8 Å². The smallest absolute Gasteiger partial charge is 0.215 e. The molecule has 1 aliphatic heterocycles. The van der Waals surface area contributed by atoms with Crippen molar-refractivity contribution in [1.82, 2.24) is 10.3 Å². The van der Waals surface area contributed by atoms with Gasteiger partial charge in [0, 0.05) is 13.1 Å². The number of nitrogens with two attached hydrogens (primary N) is 2. The van der Waals surface area contributed by atoms with E-state index in [1.165, 1.54) is 0 Å². The number of carbonyl (C=O) groups is 2. The molecule has 1 heterocycles. The Kier molecular flexibility index (Phi) is 3.83. The number of likely N-dealkylation sites (N-methyl/N-ethyl adjacent to an activating group) is 1. The SMILES string of the molecule is CNC1(C(=O)C=O)CCN(N=C(N)N)CC1. The molecule has 0 atom stereocenters. The van der Waals surface area contributed by atoms with Crippen molar-refractivity contribution in [2.24, 2.45) is 16.6 Å². The van der Waals surface area contributed by atoms with Crippen LogP contribution in [0.3, 0.4) is 0 Å². The van der Waals surface area contributed by atoms with Crippen LogP contribution in [0.15, 0.2) is 5.10 Å². The Labute approximate surface area is 93.8 Å². The van der Waals surface area contributed by atoms with Crippen LogP contribution < -0.4 is 16.8 Å². The second kappa shape index (κ2) is 4.93. The highest BCUT2D eigenvalue weighted by Crippen LogP contribution is 2.22. The third-order valence-corrected chi connectivity index (χ3v) is 2.91. The number of nitrogens with one attached hydrogen (secondary N) is 1. The van der Waals surface area contributed by atoms with E-state index >= 15 is 0 Å². The van der Waals surface area contributed by atoms with Crippen LogP contribution in [0, 0.1) is 0 Å². The van der Waals surface area contributed by atoms with Crippen molar-refractivity contribution in [2.45, 2.75) is 18.4 Å². The van der Waals surface area contributed by atoms with Crippen molar-refractivity contribution < 1.29 is 9.59 Å². The number of ketones is 1. The second-order valence-corrected chi connectivity index (χ2v) is 3.79. The van der Waals surface area contributed by atoms with Gasteiger partial charge in [-0.25, -0.2) is 0 Å². The predicted octanol–water partition coefficient (Wildman–Crippen LogP) is -2.00. The molecule has 0 saturated carbocycles. The van der Waals surface area contributed by atoms with E-state index in [-0.39, 0.29) is 5.96 Å². The number of nitrogens with zero attached hydrogens (tertiary/aromatic N) is 2. The van der Waals surface area contributed by atoms with Crippen LogP contribution in [-0.4, -0.2) is 48.7 Å². The topological polar surface area (TPSA) is 114 Å². The summed E-state index contributed by atoms with van der Waals surface area (Å²) in [7, 11) is 1.68. The predicted molar refractivity (Wildman–Crippen MR) is 59.5 cm³/mol. The first kappa shape index (κ1) is 12.4. The molecule has 5 N–H and O–H groups in total. The molecule has 1 saturated heterocycles. The molecule has 0 aromatic carbocycles. The zero-order valence-electron chi connectivity index (χ0n) is 9.27. The lowest BCUT2D eigenvalue weighted by atomic mass is 9.84. The summed E-state index contributed by atoms with van der Waals surface area (Å²) >= 11 is 0. The van der Waals surface area contributed by atoms with Crippen LogP contribution in [0.2, 0.25) is 0 Å². The van der Waals surface area contributed by atoms with E-state index in [0.717, 1.165) is 0 Å². The zero-order valence-corrected chi connectivity index (χ0v) is 9.27. The van der Waals surface area contributed by atoms with E-state index in [1.807, 2.05) is 0 Å². The number of piperidine rings is 1. The summed E-state index contributed by atoms with van der Waals surface area (Å²) in [4.78, 5) is 22.1. The Hall–Kier alpha value is -1.63. The molecular weight excluding hydrogens is 210 g/mol. The van der Waals surface area contributed by atoms with E-state index in [4.69, 9.17) is 11.5 Å². The average Bonchev–Trinajstić information content (AvgIpc) is 2.28. The standard InChI is InChI=1S/C9H17N5O2/c1-12-9(7(16)6-15)2-4-14(5-3-9)13-8(10)11/h6,12H,2-5H2,1H3,(H4,10,11,13). The summed E-state index contributed by atoms with van der Waals surface area (Å²) < 4.78 is 0. The molecule has 0 unspecified atom stereocenters. The summed E-state index contributed by atoms with van der Waals surface area (Å²) in [5, 5.41) is 8.52. The number of hydrogen-bond acceptors (Lipinski definition) is 5. The minimum absolute atomic E-state index is 0.00123. The van der Waals surface area contributed by atoms with Crippen molar-refractivity contribution >= 4 is 18.0 Å². The highest BCUT2D eigenvalue weighted by atomic mass is 16.2. The number of hydrogen-bond donors (Lipinski definition) is 3. The minimum atomic E-state index is -0.753. The van der Waals surface area contributed by atoms with Gasteiger partial charge in [0.2, 0.25) is 11.7 Å². The fourth-order valence-electron chi connectivity index (χ4n) is 1.87. The van der Waals surface area contributed by atoms with Gasteiger partial charge in [0.15, 0.2) is 6.29 Å². The Morgan fingerprint density at radius 2 is 2.00 bits per heavy atom. The largest absolute Gasteiger partial charge is 0.369 e. The van der Waals surface area contributed by atoms with Crippen molar-refractivity contribution in [3.63, 3.8) is 0 Å². The number of hydrazone groups is 1. The maximum Gasteiger partial charge on any atom is 0.215 e. The molecule has 0 aliphatic carbocycles. The van der Waals surface area contributed by atoms with Crippen molar-refractivity contribution in [2.75, 3.05) is 20.1 Å². The first-order chi connectivity index (χ1) is 7.54. The van der Waals surface area contributed by atoms with Gasteiger partial charge >= 0.3 is 0 Å². The zero-order chi connectivity index (χ0) is 12.2. The lowest BCUT2D eigenvalue weighted by Gasteiger charge is -2.38. The van der Waals surface area contributed by atoms with Crippen molar-refractivity contribution in [1.29, 1.82) is 0 Å². The fraction of sp³-hybridized carbons (Fsp3) is 0.667. The van der Waals surface area contributed by atoms with Gasteiger partial charge in [-0.1, -0.05) is 0 Å². The molecule has 0 amide bonds. The van der Waals surface area contributed by atoms with Gasteiger partial charge in [-0.15, -0.1) is 5.10 Å². The van der Waals surface area contributed by atoms with E-state index in [9.17, 15) is 9.59 Å². The van der Waals surface area contributed by atoms with Gasteiger partial charge in [0.05, 0.1) is 5.54 Å². The third-order valence-electron chi connectivity index (χ3n) is 2.91. The quantitative estimate of drug-likeness (QED) is 0.221. The average molecular weight is 227 g/mol. The fourth-order valence-corrected chi connectivity index (χ4v) is 1.87. The molecule has 1 rings (SSSR count). The van der Waals surface area contributed by atoms with E-state index in [0.29, 0.717) is 32.2 Å².